The zero-order valence-electron chi connectivity index (χ0n) is 9.93. The minimum atomic E-state index is -0.338. The average Bonchev–Trinajstić information content (AvgIpc) is 2.82. The van der Waals surface area contributed by atoms with Gasteiger partial charge < -0.3 is 19.3 Å². The third kappa shape index (κ3) is 2.34. The molecule has 5 nitrogen and oxygen atoms in total. The van der Waals surface area contributed by atoms with Crippen LogP contribution in [0.4, 0.5) is 0 Å². The van der Waals surface area contributed by atoms with Gasteiger partial charge in [0.1, 0.15) is 17.6 Å². The van der Waals surface area contributed by atoms with Crippen molar-refractivity contribution in [3.8, 4) is 5.75 Å². The van der Waals surface area contributed by atoms with E-state index in [1.54, 1.807) is 31.4 Å². The van der Waals surface area contributed by atoms with Crippen molar-refractivity contribution in [3.05, 3.63) is 30.0 Å². The van der Waals surface area contributed by atoms with Gasteiger partial charge in [-0.05, 0) is 12.1 Å². The van der Waals surface area contributed by atoms with Crippen LogP contribution in [-0.4, -0.2) is 25.8 Å². The molecule has 0 saturated carbocycles. The summed E-state index contributed by atoms with van der Waals surface area (Å²) in [6, 6.07) is 6.98. The fourth-order valence-electron chi connectivity index (χ4n) is 1.66. The summed E-state index contributed by atoms with van der Waals surface area (Å²) in [5.41, 5.74) is 0.592. The molecule has 18 heavy (non-hydrogen) atoms. The fraction of sp³-hybridized carbons (Fsp3) is 0.231. The first-order valence-corrected chi connectivity index (χ1v) is 5.54. The minimum Gasteiger partial charge on any atom is -0.496 e. The van der Waals surface area contributed by atoms with Crippen LogP contribution in [0.15, 0.2) is 28.7 Å². The molecule has 2 rings (SSSR count). The van der Waals surface area contributed by atoms with E-state index in [1.807, 2.05) is 0 Å². The van der Waals surface area contributed by atoms with Crippen molar-refractivity contribution < 1.29 is 18.7 Å². The van der Waals surface area contributed by atoms with Crippen LogP contribution in [0.1, 0.15) is 17.0 Å². The van der Waals surface area contributed by atoms with E-state index in [1.165, 1.54) is 0 Å². The van der Waals surface area contributed by atoms with Crippen molar-refractivity contribution in [1.29, 1.82) is 0 Å². The van der Waals surface area contributed by atoms with E-state index in [-0.39, 0.29) is 18.1 Å². The van der Waals surface area contributed by atoms with E-state index in [4.69, 9.17) is 9.15 Å². The molecule has 0 saturated heterocycles. The molecule has 0 aliphatic heterocycles. The Bertz CT molecular complexity index is 573. The van der Waals surface area contributed by atoms with Gasteiger partial charge >= 0.3 is 0 Å². The number of furan rings is 1. The number of hydrogen-bond donors (Lipinski definition) is 1. The maximum atomic E-state index is 11.7. The molecule has 0 aliphatic carbocycles. The lowest BCUT2D eigenvalue weighted by Crippen LogP contribution is -2.24. The lowest BCUT2D eigenvalue weighted by atomic mass is 10.2. The summed E-state index contributed by atoms with van der Waals surface area (Å²) >= 11 is 0. The molecule has 1 aromatic carbocycles. The molecule has 1 heterocycles. The number of benzene rings is 1. The maximum absolute atomic E-state index is 11.7. The second kappa shape index (κ2) is 5.35. The van der Waals surface area contributed by atoms with E-state index in [2.05, 4.69) is 5.32 Å². The number of hydrogen-bond acceptors (Lipinski definition) is 4. The molecular weight excluding hydrogens is 234 g/mol. The molecule has 1 N–H and O–H groups in total. The number of rotatable bonds is 5. The minimum absolute atomic E-state index is 0.209. The van der Waals surface area contributed by atoms with Gasteiger partial charge in [0.2, 0.25) is 0 Å². The number of amides is 1. The smallest absolute Gasteiger partial charge is 0.287 e. The molecule has 0 atom stereocenters. The Balaban J connectivity index is 2.24. The van der Waals surface area contributed by atoms with Gasteiger partial charge in [0, 0.05) is 19.0 Å². The highest BCUT2D eigenvalue weighted by Gasteiger charge is 2.13. The first kappa shape index (κ1) is 12.2. The van der Waals surface area contributed by atoms with Gasteiger partial charge in [0.25, 0.3) is 5.91 Å². The summed E-state index contributed by atoms with van der Waals surface area (Å²) in [6.07, 6.45) is 1.04. The summed E-state index contributed by atoms with van der Waals surface area (Å²) < 4.78 is 10.6. The van der Waals surface area contributed by atoms with Crippen LogP contribution in [0.2, 0.25) is 0 Å². The van der Waals surface area contributed by atoms with E-state index in [0.717, 1.165) is 11.7 Å². The quantitative estimate of drug-likeness (QED) is 0.645. The van der Waals surface area contributed by atoms with Crippen molar-refractivity contribution in [2.45, 2.75) is 6.42 Å². The predicted molar refractivity (Wildman–Crippen MR) is 65.8 cm³/mol. The Kier molecular flexibility index (Phi) is 3.62. The SMILES string of the molecule is COc1cccc2oc(C(=O)NCCC=O)cc12. The van der Waals surface area contributed by atoms with Crippen LogP contribution in [0.25, 0.3) is 11.0 Å². The lowest BCUT2D eigenvalue weighted by molar-refractivity contribution is -0.107. The Morgan fingerprint density at radius 1 is 1.50 bits per heavy atom. The van der Waals surface area contributed by atoms with Gasteiger partial charge in [-0.1, -0.05) is 6.07 Å². The van der Waals surface area contributed by atoms with Gasteiger partial charge in [-0.2, -0.15) is 0 Å². The van der Waals surface area contributed by atoms with Crippen molar-refractivity contribution in [2.75, 3.05) is 13.7 Å². The Morgan fingerprint density at radius 3 is 3.06 bits per heavy atom. The van der Waals surface area contributed by atoms with Gasteiger partial charge in [0.05, 0.1) is 12.5 Å². The first-order chi connectivity index (χ1) is 8.76. The molecule has 94 valence electrons. The molecule has 0 unspecified atom stereocenters. The summed E-state index contributed by atoms with van der Waals surface area (Å²) in [7, 11) is 1.56. The Hall–Kier alpha value is -2.30. The average molecular weight is 247 g/mol. The lowest BCUT2D eigenvalue weighted by Gasteiger charge is -1.98. The molecule has 0 aliphatic rings. The molecule has 1 aromatic heterocycles. The van der Waals surface area contributed by atoms with Crippen molar-refractivity contribution in [2.24, 2.45) is 0 Å². The van der Waals surface area contributed by atoms with Crippen LogP contribution in [0, 0.1) is 0 Å². The summed E-state index contributed by atoms with van der Waals surface area (Å²) in [4.78, 5) is 21.9. The normalized spacial score (nSPS) is 10.3. The van der Waals surface area contributed by atoms with Gasteiger partial charge in [0.15, 0.2) is 5.76 Å². The highest BCUT2D eigenvalue weighted by atomic mass is 16.5. The summed E-state index contributed by atoms with van der Waals surface area (Å²) in [5.74, 6) is 0.527. The topological polar surface area (TPSA) is 68.5 Å². The van der Waals surface area contributed by atoms with Crippen LogP contribution >= 0.6 is 0 Å². The van der Waals surface area contributed by atoms with Crippen LogP contribution < -0.4 is 10.1 Å². The van der Waals surface area contributed by atoms with E-state index in [0.29, 0.717) is 17.9 Å². The zero-order valence-corrected chi connectivity index (χ0v) is 9.93. The van der Waals surface area contributed by atoms with E-state index < -0.39 is 0 Å². The van der Waals surface area contributed by atoms with E-state index >= 15 is 0 Å². The monoisotopic (exact) mass is 247 g/mol. The van der Waals surface area contributed by atoms with Gasteiger partial charge in [-0.25, -0.2) is 0 Å². The number of methoxy groups -OCH3 is 1. The van der Waals surface area contributed by atoms with Crippen LogP contribution in [-0.2, 0) is 4.79 Å². The molecule has 2 aromatic rings. The number of carbonyl (C=O) groups is 2. The first-order valence-electron chi connectivity index (χ1n) is 5.54. The summed E-state index contributed by atoms with van der Waals surface area (Å²) in [6.45, 7) is 0.302. The zero-order chi connectivity index (χ0) is 13.0. The molecular formula is C13H13NO4. The van der Waals surface area contributed by atoms with Crippen LogP contribution in [0.3, 0.4) is 0 Å². The number of fused-ring (bicyclic) bond motifs is 1. The Morgan fingerprint density at radius 2 is 2.33 bits per heavy atom. The second-order valence-corrected chi connectivity index (χ2v) is 3.69. The summed E-state index contributed by atoms with van der Waals surface area (Å²) in [5, 5.41) is 3.34. The number of nitrogens with one attached hydrogen (secondary N) is 1. The third-order valence-electron chi connectivity index (χ3n) is 2.51. The van der Waals surface area contributed by atoms with E-state index in [9.17, 15) is 9.59 Å². The standard InChI is InChI=1S/C13H13NO4/c1-17-10-4-2-5-11-9(10)8-12(18-11)13(16)14-6-3-7-15/h2,4-5,7-8H,3,6H2,1H3,(H,14,16). The van der Waals surface area contributed by atoms with Crippen LogP contribution in [0.5, 0.6) is 5.75 Å². The van der Waals surface area contributed by atoms with Crippen molar-refractivity contribution in [3.63, 3.8) is 0 Å². The second-order valence-electron chi connectivity index (χ2n) is 3.69. The Labute approximate surface area is 104 Å². The predicted octanol–water partition coefficient (Wildman–Crippen LogP) is 1.76. The van der Waals surface area contributed by atoms with Gasteiger partial charge in [-0.15, -0.1) is 0 Å². The molecule has 0 radical (unpaired) electrons. The van der Waals surface area contributed by atoms with Crippen molar-refractivity contribution in [1.82, 2.24) is 5.32 Å². The number of aldehydes is 1. The molecule has 0 fully saturated rings. The third-order valence-corrected chi connectivity index (χ3v) is 2.51. The number of ether oxygens (including phenoxy) is 1. The molecule has 1 amide bonds. The number of carbonyl (C=O) groups excluding carboxylic acids is 2. The molecule has 0 spiro atoms. The highest BCUT2D eigenvalue weighted by Crippen LogP contribution is 2.28. The highest BCUT2D eigenvalue weighted by molar-refractivity contribution is 5.97. The molecule has 0 bridgehead atoms. The maximum Gasteiger partial charge on any atom is 0.287 e. The fourth-order valence-corrected chi connectivity index (χ4v) is 1.66. The molecule has 5 heteroatoms. The largest absolute Gasteiger partial charge is 0.496 e. The van der Waals surface area contributed by atoms with Gasteiger partial charge in [-0.3, -0.25) is 4.79 Å². The van der Waals surface area contributed by atoms with Crippen molar-refractivity contribution >= 4 is 23.2 Å².